The van der Waals surface area contributed by atoms with Crippen LogP contribution in [-0.4, -0.2) is 20.1 Å². The number of rotatable bonds is 6. The average Bonchev–Trinajstić information content (AvgIpc) is 2.62. The number of phenols is 1. The molecule has 0 amide bonds. The fourth-order valence-corrected chi connectivity index (χ4v) is 5.00. The molecule has 1 nitrogen and oxygen atoms in total. The van der Waals surface area contributed by atoms with E-state index in [2.05, 4.69) is 55.5 Å². The van der Waals surface area contributed by atoms with Crippen LogP contribution in [0, 0.1) is 0 Å². The monoisotopic (exact) mass is 382 g/mol. The molecule has 0 unspecified atom stereocenters. The van der Waals surface area contributed by atoms with Crippen molar-refractivity contribution in [2.75, 3.05) is 0 Å². The minimum absolute atomic E-state index is 0.177. The van der Waals surface area contributed by atoms with E-state index in [9.17, 15) is 5.11 Å². The van der Waals surface area contributed by atoms with Crippen molar-refractivity contribution < 1.29 is 5.11 Å². The number of allylic oxidation sites excluding steroid dienone is 1. The van der Waals surface area contributed by atoms with Gasteiger partial charge in [0, 0.05) is 0 Å². The molecule has 0 aliphatic carbocycles. The normalized spacial score (nSPS) is 11.8. The Balaban J connectivity index is 2.08. The van der Waals surface area contributed by atoms with Gasteiger partial charge in [-0.15, -0.1) is 0 Å². The van der Waals surface area contributed by atoms with Crippen LogP contribution in [0.1, 0.15) is 31.7 Å². The fraction of sp³-hybridized carbons (Fsp3) is 0.182. The number of benzene rings is 3. The Bertz CT molecular complexity index is 837. The second-order valence-electron chi connectivity index (χ2n) is 5.81. The van der Waals surface area contributed by atoms with E-state index < -0.39 is 0 Å². The van der Waals surface area contributed by atoms with E-state index in [0.29, 0.717) is 5.75 Å². The van der Waals surface area contributed by atoms with Crippen molar-refractivity contribution in [2.45, 2.75) is 26.2 Å². The zero-order valence-corrected chi connectivity index (χ0v) is 15.6. The van der Waals surface area contributed by atoms with Gasteiger partial charge in [0.25, 0.3) is 0 Å². The van der Waals surface area contributed by atoms with Crippen molar-refractivity contribution in [3.8, 4) is 5.75 Å². The van der Waals surface area contributed by atoms with Gasteiger partial charge in [-0.25, -0.2) is 0 Å². The van der Waals surface area contributed by atoms with Crippen LogP contribution < -0.4 is 4.46 Å². The third-order valence-corrected chi connectivity index (χ3v) is 6.32. The standard InChI is InChI=1S/C22H22OSe/c1-2-3-5-14-21(24-18-11-6-4-7-12-18)22-19-13-9-8-10-17(19)15-16-20(22)23/h4,6-16,23H,2-3,5H2,1H3/b21-14+. The summed E-state index contributed by atoms with van der Waals surface area (Å²) in [6.07, 6.45) is 5.75. The van der Waals surface area contributed by atoms with Gasteiger partial charge in [-0.1, -0.05) is 0 Å². The molecule has 3 aromatic carbocycles. The minimum atomic E-state index is 0.177. The topological polar surface area (TPSA) is 20.2 Å². The molecule has 0 saturated carbocycles. The second kappa shape index (κ2) is 8.19. The van der Waals surface area contributed by atoms with E-state index in [0.717, 1.165) is 17.4 Å². The maximum atomic E-state index is 10.6. The van der Waals surface area contributed by atoms with Crippen LogP contribution >= 0.6 is 0 Å². The zero-order chi connectivity index (χ0) is 16.8. The molecule has 0 radical (unpaired) electrons. The Morgan fingerprint density at radius 3 is 2.50 bits per heavy atom. The summed E-state index contributed by atoms with van der Waals surface area (Å²) in [4.78, 5) is 0. The van der Waals surface area contributed by atoms with E-state index in [4.69, 9.17) is 0 Å². The van der Waals surface area contributed by atoms with Gasteiger partial charge in [0.05, 0.1) is 0 Å². The molecular formula is C22H22OSe. The van der Waals surface area contributed by atoms with Crippen LogP contribution in [0.2, 0.25) is 0 Å². The molecule has 1 N–H and O–H groups in total. The molecule has 0 bridgehead atoms. The second-order valence-corrected chi connectivity index (χ2v) is 8.15. The molecule has 3 rings (SSSR count). The SMILES string of the molecule is CCCC/C=C(/[Se]c1ccccc1)c1c(O)ccc2ccccc12. The predicted molar refractivity (Wildman–Crippen MR) is 105 cm³/mol. The molecule has 0 aliphatic heterocycles. The number of phenolic OH excluding ortho intramolecular Hbond substituents is 1. The molecule has 0 fully saturated rings. The number of fused-ring (bicyclic) bond motifs is 1. The van der Waals surface area contributed by atoms with E-state index >= 15 is 0 Å². The summed E-state index contributed by atoms with van der Waals surface area (Å²) in [6, 6.07) is 22.7. The van der Waals surface area contributed by atoms with Gasteiger partial charge < -0.3 is 0 Å². The number of unbranched alkanes of at least 4 members (excludes halogenated alkanes) is 2. The van der Waals surface area contributed by atoms with E-state index in [1.807, 2.05) is 24.3 Å². The molecule has 0 aromatic heterocycles. The third kappa shape index (κ3) is 3.90. The fourth-order valence-electron chi connectivity index (χ4n) is 2.77. The Morgan fingerprint density at radius 2 is 1.71 bits per heavy atom. The summed E-state index contributed by atoms with van der Waals surface area (Å²) < 4.78 is 2.61. The van der Waals surface area contributed by atoms with Crippen molar-refractivity contribution in [2.24, 2.45) is 0 Å². The van der Waals surface area contributed by atoms with Crippen LogP contribution in [0.15, 0.2) is 72.8 Å². The Hall–Kier alpha value is -2.02. The number of hydrogen-bond donors (Lipinski definition) is 1. The van der Waals surface area contributed by atoms with E-state index in [1.54, 1.807) is 0 Å². The van der Waals surface area contributed by atoms with Crippen molar-refractivity contribution in [1.82, 2.24) is 0 Å². The number of hydrogen-bond acceptors (Lipinski definition) is 1. The predicted octanol–water partition coefficient (Wildman–Crippen LogP) is 5.11. The summed E-state index contributed by atoms with van der Waals surface area (Å²) >= 11 is 0.177. The van der Waals surface area contributed by atoms with Crippen molar-refractivity contribution in [1.29, 1.82) is 0 Å². The number of aromatic hydroxyl groups is 1. The average molecular weight is 381 g/mol. The molecule has 0 heterocycles. The molecule has 0 atom stereocenters. The van der Waals surface area contributed by atoms with Gasteiger partial charge in [-0.2, -0.15) is 0 Å². The van der Waals surface area contributed by atoms with Gasteiger partial charge in [0.1, 0.15) is 0 Å². The van der Waals surface area contributed by atoms with Crippen LogP contribution in [-0.2, 0) is 0 Å². The molecule has 122 valence electrons. The van der Waals surface area contributed by atoms with Gasteiger partial charge in [-0.3, -0.25) is 0 Å². The maximum absolute atomic E-state index is 10.6. The van der Waals surface area contributed by atoms with Gasteiger partial charge in [0.15, 0.2) is 0 Å². The Morgan fingerprint density at radius 1 is 0.958 bits per heavy atom. The first kappa shape index (κ1) is 16.8. The van der Waals surface area contributed by atoms with Crippen LogP contribution in [0.5, 0.6) is 5.75 Å². The summed E-state index contributed by atoms with van der Waals surface area (Å²) in [6.45, 7) is 2.21. The molecular weight excluding hydrogens is 359 g/mol. The van der Waals surface area contributed by atoms with Crippen LogP contribution in [0.4, 0.5) is 0 Å². The molecule has 0 saturated heterocycles. The quantitative estimate of drug-likeness (QED) is 0.465. The van der Waals surface area contributed by atoms with Gasteiger partial charge in [-0.05, 0) is 0 Å². The molecule has 0 spiro atoms. The first-order valence-electron chi connectivity index (χ1n) is 8.43. The van der Waals surface area contributed by atoms with Crippen molar-refractivity contribution in [3.05, 3.63) is 78.4 Å². The summed E-state index contributed by atoms with van der Waals surface area (Å²) in [5.41, 5.74) is 1.01. The summed E-state index contributed by atoms with van der Waals surface area (Å²) in [5.74, 6) is 0.384. The summed E-state index contributed by atoms with van der Waals surface area (Å²) in [5, 5.41) is 12.9. The van der Waals surface area contributed by atoms with Gasteiger partial charge in [0.2, 0.25) is 0 Å². The Labute approximate surface area is 150 Å². The first-order chi connectivity index (χ1) is 11.8. The van der Waals surface area contributed by atoms with Crippen LogP contribution in [0.3, 0.4) is 0 Å². The molecule has 3 aromatic rings. The van der Waals surface area contributed by atoms with E-state index in [-0.39, 0.29) is 15.0 Å². The zero-order valence-electron chi connectivity index (χ0n) is 13.9. The van der Waals surface area contributed by atoms with Crippen molar-refractivity contribution in [3.63, 3.8) is 0 Å². The third-order valence-electron chi connectivity index (χ3n) is 4.01. The molecule has 24 heavy (non-hydrogen) atoms. The van der Waals surface area contributed by atoms with E-state index in [1.165, 1.54) is 27.2 Å². The molecule has 0 aliphatic rings. The van der Waals surface area contributed by atoms with Gasteiger partial charge >= 0.3 is 150 Å². The van der Waals surface area contributed by atoms with Crippen molar-refractivity contribution >= 4 is 34.7 Å². The first-order valence-corrected chi connectivity index (χ1v) is 10.1. The molecule has 2 heteroatoms. The van der Waals surface area contributed by atoms with Crippen LogP contribution in [0.25, 0.3) is 15.2 Å². The summed E-state index contributed by atoms with van der Waals surface area (Å²) in [7, 11) is 0. The Kier molecular flexibility index (Phi) is 5.74.